The molecular formula is C81H73Cl2N9. The Hall–Kier alpha value is -9.80. The van der Waals surface area contributed by atoms with E-state index in [1.807, 2.05) is 42.9 Å². The van der Waals surface area contributed by atoms with Crippen LogP contribution in [-0.2, 0) is 38.5 Å². The first kappa shape index (κ1) is 61.1. The molecule has 3 aliphatic rings. The first-order chi connectivity index (χ1) is 45.1. The van der Waals surface area contributed by atoms with E-state index in [4.69, 9.17) is 38.2 Å². The number of hydrogen-bond donors (Lipinski definition) is 3. The molecule has 0 spiro atoms. The van der Waals surface area contributed by atoms with E-state index in [2.05, 4.69) is 252 Å². The second-order valence-electron chi connectivity index (χ2n) is 24.2. The molecule has 3 aromatic heterocycles. The number of fused-ring (bicyclic) bond motifs is 9. The lowest BCUT2D eigenvalue weighted by Crippen LogP contribution is -2.16. The molecule has 9 aromatic carbocycles. The maximum atomic E-state index is 6.55. The van der Waals surface area contributed by atoms with Gasteiger partial charge in [0.15, 0.2) is 0 Å². The highest BCUT2D eigenvalue weighted by Gasteiger charge is 2.31. The minimum atomic E-state index is 0.210. The van der Waals surface area contributed by atoms with Crippen LogP contribution in [0.2, 0.25) is 10.0 Å². The van der Waals surface area contributed by atoms with Crippen LogP contribution in [0.15, 0.2) is 243 Å². The van der Waals surface area contributed by atoms with Crippen LogP contribution in [0.3, 0.4) is 0 Å². The molecule has 0 saturated heterocycles. The highest BCUT2D eigenvalue weighted by Crippen LogP contribution is 2.46. The number of benzene rings is 9. The van der Waals surface area contributed by atoms with Crippen LogP contribution in [0.5, 0.6) is 0 Å². The van der Waals surface area contributed by atoms with Gasteiger partial charge in [-0.05, 0) is 144 Å². The zero-order valence-electron chi connectivity index (χ0n) is 52.1. The topological polar surface area (TPSA) is 113 Å². The van der Waals surface area contributed by atoms with E-state index in [-0.39, 0.29) is 11.8 Å². The largest absolute Gasteiger partial charge is 0.354 e. The summed E-state index contributed by atoms with van der Waals surface area (Å²) < 4.78 is 0. The number of rotatable bonds is 15. The summed E-state index contributed by atoms with van der Waals surface area (Å²) >= 11 is 12.7. The van der Waals surface area contributed by atoms with Gasteiger partial charge in [0.2, 0.25) is 17.8 Å². The molecule has 3 unspecified atom stereocenters. The minimum Gasteiger partial charge on any atom is -0.354 e. The summed E-state index contributed by atoms with van der Waals surface area (Å²) in [5, 5.41) is 11.8. The summed E-state index contributed by atoms with van der Waals surface area (Å²) in [7, 11) is 0. The van der Waals surface area contributed by atoms with Crippen molar-refractivity contribution in [1.29, 1.82) is 0 Å². The average molecular weight is 1240 g/mol. The maximum Gasteiger partial charge on any atom is 0.223 e. The van der Waals surface area contributed by atoms with Crippen molar-refractivity contribution in [3.8, 4) is 33.8 Å². The Morgan fingerprint density at radius 3 is 1.05 bits per heavy atom. The summed E-state index contributed by atoms with van der Waals surface area (Å²) in [5.41, 5.74) is 25.7. The fourth-order valence-electron chi connectivity index (χ4n) is 12.9. The summed E-state index contributed by atoms with van der Waals surface area (Å²) in [6.45, 7) is 8.75. The number of aromatic nitrogens is 6. The zero-order chi connectivity index (χ0) is 62.8. The molecule has 0 radical (unpaired) electrons. The standard InChI is InChI=1S/2C27H24ClN3.C27H25N3/c1-18-10-12-19(13-11-18)14-15-29-27-30-17-20-16-24(22-7-4-5-9-25(22)28)21-6-2-3-8-23(21)26(20)31-27;1-18-6-8-19(9-7-18)14-15-29-27-30-17-21-16-25(20-10-12-22(28)13-11-20)23-4-2-3-5-24(23)26(21)31-27;1-19-11-13-20(14-12-19)15-16-28-27-29-18-22-17-25(21-7-3-2-4-8-21)23-9-5-6-10-24(23)26(22)30-27/h2-13,17,24H,14-16H2,1H3,(H,29,30,31);2-13,17,25H,14-16H2,1H3,(H,29,30,31);2-14,18,25H,15-17H2,1H3,(H,28,29,30). The molecular weight excluding hydrogens is 1170 g/mol. The van der Waals surface area contributed by atoms with Gasteiger partial charge in [0.1, 0.15) is 0 Å². The second-order valence-corrected chi connectivity index (χ2v) is 25.0. The lowest BCUT2D eigenvalue weighted by molar-refractivity contribution is 0.781. The molecule has 0 aliphatic heterocycles. The number of hydrogen-bond acceptors (Lipinski definition) is 9. The molecule has 11 heteroatoms. The fraction of sp³-hybridized carbons (Fsp3) is 0.185. The third-order valence-electron chi connectivity index (χ3n) is 17.8. The van der Waals surface area contributed by atoms with Crippen molar-refractivity contribution in [3.63, 3.8) is 0 Å². The smallest absolute Gasteiger partial charge is 0.223 e. The van der Waals surface area contributed by atoms with Gasteiger partial charge >= 0.3 is 0 Å². The maximum absolute atomic E-state index is 6.55. The van der Waals surface area contributed by atoms with E-state index < -0.39 is 0 Å². The number of nitrogens with zero attached hydrogens (tertiary/aromatic N) is 6. The van der Waals surface area contributed by atoms with Crippen LogP contribution in [0.4, 0.5) is 17.8 Å². The normalized spacial score (nSPS) is 14.6. The van der Waals surface area contributed by atoms with E-state index in [1.165, 1.54) is 83.5 Å². The van der Waals surface area contributed by atoms with Gasteiger partial charge in [-0.3, -0.25) is 0 Å². The van der Waals surface area contributed by atoms with Crippen molar-refractivity contribution in [2.75, 3.05) is 35.6 Å². The van der Waals surface area contributed by atoms with Crippen LogP contribution in [0.1, 0.15) is 101 Å². The van der Waals surface area contributed by atoms with Crippen molar-refractivity contribution in [2.24, 2.45) is 0 Å². The van der Waals surface area contributed by atoms with E-state index in [1.54, 1.807) is 0 Å². The van der Waals surface area contributed by atoms with E-state index in [9.17, 15) is 0 Å². The van der Waals surface area contributed by atoms with Crippen LogP contribution >= 0.6 is 23.2 Å². The average Bonchev–Trinajstić information content (AvgIpc) is 0.846. The Kier molecular flexibility index (Phi) is 19.0. The fourth-order valence-corrected chi connectivity index (χ4v) is 13.3. The Labute approximate surface area is 550 Å². The van der Waals surface area contributed by atoms with Crippen molar-refractivity contribution in [3.05, 3.63) is 337 Å². The molecule has 0 saturated carbocycles. The number of anilines is 3. The quantitative estimate of drug-likeness (QED) is 0.0923. The Bertz CT molecular complexity index is 4480. The van der Waals surface area contributed by atoms with E-state index >= 15 is 0 Å². The van der Waals surface area contributed by atoms with Gasteiger partial charge in [0, 0.05) is 82.7 Å². The summed E-state index contributed by atoms with van der Waals surface area (Å²) in [6, 6.07) is 78.8. The van der Waals surface area contributed by atoms with Gasteiger partial charge in [-0.1, -0.05) is 246 Å². The third kappa shape index (κ3) is 14.4. The second kappa shape index (κ2) is 28.6. The van der Waals surface area contributed by atoms with E-state index in [0.29, 0.717) is 23.8 Å². The first-order valence-electron chi connectivity index (χ1n) is 31.9. The molecule has 3 N–H and O–H groups in total. The van der Waals surface area contributed by atoms with Crippen LogP contribution in [0, 0.1) is 20.8 Å². The molecule has 0 amide bonds. The van der Waals surface area contributed by atoms with Crippen LogP contribution < -0.4 is 16.0 Å². The van der Waals surface area contributed by atoms with Crippen LogP contribution in [0.25, 0.3) is 33.8 Å². The molecule has 0 bridgehead atoms. The highest BCUT2D eigenvalue weighted by atomic mass is 35.5. The van der Waals surface area contributed by atoms with Gasteiger partial charge < -0.3 is 16.0 Å². The molecule has 3 atom stereocenters. The van der Waals surface area contributed by atoms with Crippen LogP contribution in [-0.4, -0.2) is 49.5 Å². The third-order valence-corrected chi connectivity index (χ3v) is 18.4. The number of aryl methyl sites for hydroxylation is 3. The molecule has 0 fully saturated rings. The molecule has 3 heterocycles. The predicted octanol–water partition coefficient (Wildman–Crippen LogP) is 18.7. The molecule has 92 heavy (non-hydrogen) atoms. The zero-order valence-corrected chi connectivity index (χ0v) is 53.6. The van der Waals surface area contributed by atoms with Crippen molar-refractivity contribution in [2.45, 2.75) is 77.0 Å². The minimum absolute atomic E-state index is 0.210. The molecule has 456 valence electrons. The van der Waals surface area contributed by atoms with Crippen molar-refractivity contribution < 1.29 is 0 Å². The van der Waals surface area contributed by atoms with Gasteiger partial charge in [-0.15, -0.1) is 0 Å². The van der Waals surface area contributed by atoms with Gasteiger partial charge in [0.05, 0.1) is 17.1 Å². The summed E-state index contributed by atoms with van der Waals surface area (Å²) in [4.78, 5) is 28.5. The summed E-state index contributed by atoms with van der Waals surface area (Å²) in [5.74, 6) is 2.90. The van der Waals surface area contributed by atoms with Crippen molar-refractivity contribution >= 4 is 41.0 Å². The molecule has 12 aromatic rings. The molecule has 15 rings (SSSR count). The Morgan fingerprint density at radius 1 is 0.337 bits per heavy atom. The SMILES string of the molecule is Cc1ccc(CCNc2ncc3c(n2)-c2ccccc2C(c2ccc(Cl)cc2)C3)cc1.Cc1ccc(CCNc2ncc3c(n2)-c2ccccc2C(c2ccccc2)C3)cc1.Cc1ccc(CCNc2ncc3c(n2)-c2ccccc2C(c2ccccc2Cl)C3)cc1. The number of nitrogens with one attached hydrogen (secondary N) is 3. The lowest BCUT2D eigenvalue weighted by atomic mass is 9.78. The molecule has 3 aliphatic carbocycles. The van der Waals surface area contributed by atoms with Gasteiger partial charge in [-0.25, -0.2) is 29.9 Å². The molecule has 9 nitrogen and oxygen atoms in total. The van der Waals surface area contributed by atoms with Gasteiger partial charge in [-0.2, -0.15) is 0 Å². The van der Waals surface area contributed by atoms with Gasteiger partial charge in [0.25, 0.3) is 0 Å². The number of halogens is 2. The predicted molar refractivity (Wildman–Crippen MR) is 379 cm³/mol. The monoisotopic (exact) mass is 1240 g/mol. The lowest BCUT2D eigenvalue weighted by Gasteiger charge is -2.28. The summed E-state index contributed by atoms with van der Waals surface area (Å²) in [6.07, 6.45) is 11.4. The highest BCUT2D eigenvalue weighted by molar-refractivity contribution is 6.31. The Balaban J connectivity index is 0.000000126. The van der Waals surface area contributed by atoms with Crippen molar-refractivity contribution in [1.82, 2.24) is 29.9 Å². The Morgan fingerprint density at radius 2 is 0.663 bits per heavy atom. The van der Waals surface area contributed by atoms with E-state index in [0.717, 1.165) is 102 Å². The first-order valence-corrected chi connectivity index (χ1v) is 32.7.